The van der Waals surface area contributed by atoms with Crippen LogP contribution in [0.25, 0.3) is 0 Å². The van der Waals surface area contributed by atoms with Crippen LogP contribution in [0.3, 0.4) is 0 Å². The third-order valence-corrected chi connectivity index (χ3v) is 6.73. The number of hydrogen-bond donors (Lipinski definition) is 0. The number of rotatable bonds is 5. The Balaban J connectivity index is 2.03. The van der Waals surface area contributed by atoms with E-state index in [2.05, 4.69) is 31.9 Å². The molecule has 0 fully saturated rings. The van der Waals surface area contributed by atoms with Crippen molar-refractivity contribution in [2.75, 3.05) is 0 Å². The first-order valence-electron chi connectivity index (χ1n) is 7.94. The van der Waals surface area contributed by atoms with Crippen LogP contribution in [-0.4, -0.2) is 0 Å². The topological polar surface area (TPSA) is 35.5 Å². The van der Waals surface area contributed by atoms with Crippen molar-refractivity contribution in [2.45, 2.75) is 13.8 Å². The number of hydrogen-bond acceptors (Lipinski definition) is 3. The first kappa shape index (κ1) is 19.2. The minimum atomic E-state index is -3.66. The molecule has 0 radical (unpaired) electrons. The molecule has 3 aromatic carbocycles. The zero-order valence-electron chi connectivity index (χ0n) is 14.3. The Bertz CT molecular complexity index is 917. The summed E-state index contributed by atoms with van der Waals surface area (Å²) in [6.45, 7) is 3.95. The third-order valence-electron chi connectivity index (χ3n) is 3.68. The summed E-state index contributed by atoms with van der Waals surface area (Å²) in [4.78, 5) is 0. The Morgan fingerprint density at radius 2 is 1.19 bits per heavy atom. The van der Waals surface area contributed by atoms with Crippen molar-refractivity contribution >= 4 is 44.8 Å². The van der Waals surface area contributed by atoms with E-state index in [1.165, 1.54) is 0 Å². The fourth-order valence-corrected chi connectivity index (χ4v) is 5.37. The van der Waals surface area contributed by atoms with Crippen LogP contribution in [0.1, 0.15) is 11.1 Å². The molecule has 0 saturated carbocycles. The van der Waals surface area contributed by atoms with Crippen molar-refractivity contribution in [3.63, 3.8) is 0 Å². The molecular formula is C20H17Br2O3P. The Morgan fingerprint density at radius 3 is 1.62 bits per heavy atom. The molecule has 0 aliphatic heterocycles. The largest absolute Gasteiger partial charge is 0.462 e. The molecule has 0 heterocycles. The maximum Gasteiger partial charge on any atom is 0.462 e. The summed E-state index contributed by atoms with van der Waals surface area (Å²) in [5, 5.41) is 0.486. The summed E-state index contributed by atoms with van der Waals surface area (Å²) >= 11 is 6.94. The standard InChI is InChI=1S/C20H17Br2O3P/c1-14-8-10-19(17(21)12-14)24-26(23,16-6-4-3-5-7-16)25-20-11-9-15(2)13-18(20)22/h3-13H,1-2H3. The summed E-state index contributed by atoms with van der Waals surface area (Å²) in [5.41, 5.74) is 2.14. The van der Waals surface area contributed by atoms with Crippen LogP contribution < -0.4 is 14.4 Å². The average Bonchev–Trinajstić information content (AvgIpc) is 2.61. The first-order valence-corrected chi connectivity index (χ1v) is 11.1. The molecule has 0 spiro atoms. The lowest BCUT2D eigenvalue weighted by atomic mass is 10.2. The van der Waals surface area contributed by atoms with Gasteiger partial charge in [-0.3, -0.25) is 0 Å². The second-order valence-corrected chi connectivity index (χ2v) is 9.47. The Kier molecular flexibility index (Phi) is 5.91. The third kappa shape index (κ3) is 4.40. The van der Waals surface area contributed by atoms with E-state index in [4.69, 9.17) is 9.05 Å². The van der Waals surface area contributed by atoms with E-state index < -0.39 is 7.60 Å². The van der Waals surface area contributed by atoms with Gasteiger partial charge in [-0.1, -0.05) is 30.3 Å². The molecule has 3 rings (SSSR count). The highest BCUT2D eigenvalue weighted by atomic mass is 79.9. The van der Waals surface area contributed by atoms with Crippen LogP contribution in [-0.2, 0) is 4.57 Å². The van der Waals surface area contributed by atoms with Gasteiger partial charge in [-0.05, 0) is 93.2 Å². The highest BCUT2D eigenvalue weighted by molar-refractivity contribution is 9.11. The molecule has 0 aromatic heterocycles. The van der Waals surface area contributed by atoms with Crippen LogP contribution in [0.15, 0.2) is 75.7 Å². The van der Waals surface area contributed by atoms with Gasteiger partial charge in [-0.25, -0.2) is 4.57 Å². The molecule has 0 aliphatic carbocycles. The summed E-state index contributed by atoms with van der Waals surface area (Å²) in [5.74, 6) is 0.928. The Morgan fingerprint density at radius 1 is 0.731 bits per heavy atom. The molecule has 6 heteroatoms. The van der Waals surface area contributed by atoms with Gasteiger partial charge >= 0.3 is 7.60 Å². The molecule has 3 nitrogen and oxygen atoms in total. The lowest BCUT2D eigenvalue weighted by Gasteiger charge is -2.21. The molecule has 0 N–H and O–H groups in total. The van der Waals surface area contributed by atoms with Gasteiger partial charge in [0.1, 0.15) is 11.5 Å². The van der Waals surface area contributed by atoms with E-state index in [0.717, 1.165) is 20.1 Å². The van der Waals surface area contributed by atoms with Crippen molar-refractivity contribution in [3.8, 4) is 11.5 Å². The van der Waals surface area contributed by atoms with Crippen molar-refractivity contribution in [1.29, 1.82) is 0 Å². The van der Waals surface area contributed by atoms with Gasteiger partial charge in [0.05, 0.1) is 14.2 Å². The van der Waals surface area contributed by atoms with E-state index in [1.807, 2.05) is 56.3 Å². The minimum Gasteiger partial charge on any atom is -0.412 e. The number of benzene rings is 3. The molecule has 0 saturated heterocycles. The molecule has 0 unspecified atom stereocenters. The van der Waals surface area contributed by atoms with E-state index in [-0.39, 0.29) is 0 Å². The normalized spacial score (nSPS) is 11.2. The van der Waals surface area contributed by atoms with Crippen LogP contribution in [0.5, 0.6) is 11.5 Å². The molecule has 0 atom stereocenters. The predicted molar refractivity (Wildman–Crippen MR) is 113 cm³/mol. The summed E-state index contributed by atoms with van der Waals surface area (Å²) in [7, 11) is -3.66. The van der Waals surface area contributed by atoms with Gasteiger partial charge < -0.3 is 9.05 Å². The molecule has 0 aliphatic rings. The van der Waals surface area contributed by atoms with Crippen molar-refractivity contribution < 1.29 is 13.6 Å². The van der Waals surface area contributed by atoms with Gasteiger partial charge in [0.25, 0.3) is 0 Å². The van der Waals surface area contributed by atoms with Crippen LogP contribution in [0.4, 0.5) is 0 Å². The Hall–Kier alpha value is -1.55. The lowest BCUT2D eigenvalue weighted by molar-refractivity contribution is 0.397. The number of aryl methyl sites for hydroxylation is 2. The van der Waals surface area contributed by atoms with Crippen molar-refractivity contribution in [2.24, 2.45) is 0 Å². The van der Waals surface area contributed by atoms with Gasteiger partial charge in [0.2, 0.25) is 0 Å². The average molecular weight is 496 g/mol. The highest BCUT2D eigenvalue weighted by Gasteiger charge is 2.32. The zero-order valence-corrected chi connectivity index (χ0v) is 18.3. The quantitative estimate of drug-likeness (QED) is 0.365. The second kappa shape index (κ2) is 7.99. The van der Waals surface area contributed by atoms with Crippen molar-refractivity contribution in [3.05, 3.63) is 86.8 Å². The van der Waals surface area contributed by atoms with Gasteiger partial charge in [0.15, 0.2) is 0 Å². The van der Waals surface area contributed by atoms with Gasteiger partial charge in [0, 0.05) is 0 Å². The minimum absolute atomic E-state index is 0.464. The van der Waals surface area contributed by atoms with Crippen molar-refractivity contribution in [1.82, 2.24) is 0 Å². The first-order chi connectivity index (χ1) is 12.4. The summed E-state index contributed by atoms with van der Waals surface area (Å²) < 4.78 is 27.0. The SMILES string of the molecule is Cc1ccc(OP(=O)(Oc2ccc(C)cc2Br)c2ccccc2)c(Br)c1. The van der Waals surface area contributed by atoms with Crippen LogP contribution in [0.2, 0.25) is 0 Å². The molecule has 26 heavy (non-hydrogen) atoms. The molecule has 0 amide bonds. The maximum atomic E-state index is 13.7. The van der Waals surface area contributed by atoms with Crippen LogP contribution in [0, 0.1) is 13.8 Å². The van der Waals surface area contributed by atoms with Gasteiger partial charge in [-0.2, -0.15) is 0 Å². The monoisotopic (exact) mass is 494 g/mol. The summed E-state index contributed by atoms with van der Waals surface area (Å²) in [6, 6.07) is 20.1. The molecule has 134 valence electrons. The van der Waals surface area contributed by atoms with E-state index in [0.29, 0.717) is 16.8 Å². The maximum absolute atomic E-state index is 13.7. The number of halogens is 2. The van der Waals surface area contributed by atoms with E-state index in [1.54, 1.807) is 24.3 Å². The molecule has 3 aromatic rings. The molecule has 0 bridgehead atoms. The lowest BCUT2D eigenvalue weighted by Crippen LogP contribution is -2.15. The molecular weight excluding hydrogens is 479 g/mol. The predicted octanol–water partition coefficient (Wildman–Crippen LogP) is 6.80. The Labute approximate surface area is 170 Å². The fraction of sp³-hybridized carbons (Fsp3) is 0.100. The van der Waals surface area contributed by atoms with Crippen LogP contribution >= 0.6 is 39.5 Å². The fourth-order valence-electron chi connectivity index (χ4n) is 2.35. The van der Waals surface area contributed by atoms with E-state index in [9.17, 15) is 4.57 Å². The highest BCUT2D eigenvalue weighted by Crippen LogP contribution is 2.50. The smallest absolute Gasteiger partial charge is 0.412 e. The van der Waals surface area contributed by atoms with E-state index >= 15 is 0 Å². The van der Waals surface area contributed by atoms with Gasteiger partial charge in [-0.15, -0.1) is 0 Å². The summed E-state index contributed by atoms with van der Waals surface area (Å²) in [6.07, 6.45) is 0. The second-order valence-electron chi connectivity index (χ2n) is 5.88. The zero-order chi connectivity index (χ0) is 18.7.